The van der Waals surface area contributed by atoms with Gasteiger partial charge in [-0.3, -0.25) is 0 Å². The van der Waals surface area contributed by atoms with Gasteiger partial charge in [-0.25, -0.2) is 4.39 Å². The molecule has 0 amide bonds. The van der Waals surface area contributed by atoms with Crippen LogP contribution in [0.3, 0.4) is 0 Å². The van der Waals surface area contributed by atoms with Crippen LogP contribution in [0, 0.1) is 25.7 Å². The molecule has 3 rings (SSSR count). The Balaban J connectivity index is 2.12. The second kappa shape index (κ2) is 6.36. The van der Waals surface area contributed by atoms with Crippen LogP contribution in [0.5, 0.6) is 0 Å². The lowest BCUT2D eigenvalue weighted by Gasteiger charge is -2.14. The number of rotatable bonds is 2. The van der Waals surface area contributed by atoms with Gasteiger partial charge in [0.25, 0.3) is 0 Å². The van der Waals surface area contributed by atoms with Crippen molar-refractivity contribution in [1.82, 2.24) is 0 Å². The molecule has 0 aliphatic carbocycles. The van der Waals surface area contributed by atoms with Crippen molar-refractivity contribution in [1.29, 1.82) is 0 Å². The quantitative estimate of drug-likeness (QED) is 0.460. The Morgan fingerprint density at radius 2 is 1.64 bits per heavy atom. The van der Waals surface area contributed by atoms with Crippen LogP contribution in [-0.4, -0.2) is 0 Å². The zero-order valence-corrected chi connectivity index (χ0v) is 13.7. The highest BCUT2D eigenvalue weighted by Crippen LogP contribution is 2.38. The first-order valence-corrected chi connectivity index (χ1v) is 7.73. The van der Waals surface area contributed by atoms with E-state index in [2.05, 4.69) is 6.07 Å². The van der Waals surface area contributed by atoms with E-state index in [1.54, 1.807) is 6.07 Å². The van der Waals surface area contributed by atoms with Gasteiger partial charge in [0.2, 0.25) is 0 Å². The zero-order chi connectivity index (χ0) is 18.2. The molecule has 0 nitrogen and oxygen atoms in total. The Morgan fingerprint density at radius 1 is 0.880 bits per heavy atom. The second-order valence-electron chi connectivity index (χ2n) is 5.91. The molecule has 0 N–H and O–H groups in total. The highest BCUT2D eigenvalue weighted by Gasteiger charge is 2.33. The molecule has 0 aliphatic rings. The van der Waals surface area contributed by atoms with Crippen molar-refractivity contribution in [3.05, 3.63) is 83.2 Å². The zero-order valence-electron chi connectivity index (χ0n) is 13.7. The van der Waals surface area contributed by atoms with Crippen LogP contribution >= 0.6 is 0 Å². The molecule has 0 bridgehead atoms. The average molecular weight is 343 g/mol. The van der Waals surface area contributed by atoms with Gasteiger partial charge >= 0.3 is 6.18 Å². The molecule has 3 aromatic carbocycles. The minimum absolute atomic E-state index is 0.0737. The molecular formula is C21H15F4. The standard InChI is InChI=1S/C21H15F4/c1-13-6-5-8-16(14(13)2)15-10-11-18(20(22)12-15)17-7-3-4-9-19(17)21(23,24)25/h3,5-12H,1-2H3. The third-order valence-corrected chi connectivity index (χ3v) is 4.34. The second-order valence-corrected chi connectivity index (χ2v) is 5.91. The van der Waals surface area contributed by atoms with Gasteiger partial charge in [-0.15, -0.1) is 0 Å². The van der Waals surface area contributed by atoms with Crippen LogP contribution in [0.15, 0.2) is 54.6 Å². The minimum Gasteiger partial charge on any atom is -0.206 e. The Labute approximate surface area is 143 Å². The van der Waals surface area contributed by atoms with Gasteiger partial charge in [-0.2, -0.15) is 13.2 Å². The predicted molar refractivity (Wildman–Crippen MR) is 90.6 cm³/mol. The molecule has 0 aliphatic heterocycles. The lowest BCUT2D eigenvalue weighted by molar-refractivity contribution is -0.137. The van der Waals surface area contributed by atoms with E-state index < -0.39 is 17.6 Å². The van der Waals surface area contributed by atoms with Crippen molar-refractivity contribution in [2.75, 3.05) is 0 Å². The molecule has 0 spiro atoms. The molecule has 0 saturated heterocycles. The highest BCUT2D eigenvalue weighted by molar-refractivity contribution is 5.75. The summed E-state index contributed by atoms with van der Waals surface area (Å²) in [5, 5.41) is 0. The van der Waals surface area contributed by atoms with Crippen LogP contribution in [-0.2, 0) is 6.18 Å². The Bertz CT molecular complexity index is 923. The van der Waals surface area contributed by atoms with E-state index in [1.165, 1.54) is 24.3 Å². The van der Waals surface area contributed by atoms with E-state index in [0.717, 1.165) is 22.8 Å². The summed E-state index contributed by atoms with van der Waals surface area (Å²) in [7, 11) is 0. The molecule has 127 valence electrons. The molecule has 0 atom stereocenters. The number of aryl methyl sites for hydroxylation is 1. The maximum Gasteiger partial charge on any atom is 0.417 e. The summed E-state index contributed by atoms with van der Waals surface area (Å²) in [6.45, 7) is 3.89. The van der Waals surface area contributed by atoms with Crippen molar-refractivity contribution >= 4 is 0 Å². The average Bonchev–Trinajstić information content (AvgIpc) is 2.56. The van der Waals surface area contributed by atoms with Crippen molar-refractivity contribution in [2.45, 2.75) is 20.0 Å². The lowest BCUT2D eigenvalue weighted by Crippen LogP contribution is -2.07. The number of hydrogen-bond acceptors (Lipinski definition) is 0. The van der Waals surface area contributed by atoms with Crippen LogP contribution in [0.25, 0.3) is 22.3 Å². The molecule has 0 aromatic heterocycles. The summed E-state index contributed by atoms with van der Waals surface area (Å²) in [5.74, 6) is -0.685. The fourth-order valence-electron chi connectivity index (χ4n) is 2.86. The van der Waals surface area contributed by atoms with Crippen LogP contribution in [0.1, 0.15) is 16.7 Å². The first-order valence-electron chi connectivity index (χ1n) is 7.73. The molecule has 0 heterocycles. The number of hydrogen-bond donors (Lipinski definition) is 0. The Kier molecular flexibility index (Phi) is 4.38. The highest BCUT2D eigenvalue weighted by atomic mass is 19.4. The maximum absolute atomic E-state index is 14.6. The van der Waals surface area contributed by atoms with E-state index >= 15 is 0 Å². The summed E-state index contributed by atoms with van der Waals surface area (Å²) in [4.78, 5) is 0. The van der Waals surface area contributed by atoms with E-state index in [0.29, 0.717) is 5.56 Å². The number of benzene rings is 3. The monoisotopic (exact) mass is 343 g/mol. The molecular weight excluding hydrogens is 328 g/mol. The Hall–Kier alpha value is -2.62. The molecule has 0 saturated carbocycles. The fraction of sp³-hybridized carbons (Fsp3) is 0.143. The van der Waals surface area contributed by atoms with Gasteiger partial charge in [0.1, 0.15) is 5.82 Å². The topological polar surface area (TPSA) is 0 Å². The van der Waals surface area contributed by atoms with Crippen LogP contribution in [0.4, 0.5) is 17.6 Å². The van der Waals surface area contributed by atoms with Crippen LogP contribution < -0.4 is 0 Å². The summed E-state index contributed by atoms with van der Waals surface area (Å²) < 4.78 is 54.1. The summed E-state index contributed by atoms with van der Waals surface area (Å²) in [6.07, 6.45) is -4.56. The van der Waals surface area contributed by atoms with Crippen molar-refractivity contribution in [3.8, 4) is 22.3 Å². The summed E-state index contributed by atoms with van der Waals surface area (Å²) in [6, 6.07) is 15.9. The maximum atomic E-state index is 14.6. The van der Waals surface area contributed by atoms with E-state index in [1.807, 2.05) is 32.0 Å². The van der Waals surface area contributed by atoms with E-state index in [-0.39, 0.29) is 11.1 Å². The summed E-state index contributed by atoms with van der Waals surface area (Å²) >= 11 is 0. The van der Waals surface area contributed by atoms with Crippen molar-refractivity contribution < 1.29 is 17.6 Å². The van der Waals surface area contributed by atoms with Gasteiger partial charge in [0.05, 0.1) is 5.56 Å². The van der Waals surface area contributed by atoms with Crippen molar-refractivity contribution in [2.24, 2.45) is 0 Å². The smallest absolute Gasteiger partial charge is 0.206 e. The van der Waals surface area contributed by atoms with Crippen LogP contribution in [0.2, 0.25) is 0 Å². The first-order chi connectivity index (χ1) is 11.8. The molecule has 3 aromatic rings. The minimum atomic E-state index is -4.56. The number of alkyl halides is 3. The largest absolute Gasteiger partial charge is 0.417 e. The van der Waals surface area contributed by atoms with Gasteiger partial charge in [0, 0.05) is 5.56 Å². The van der Waals surface area contributed by atoms with E-state index in [9.17, 15) is 17.6 Å². The number of halogens is 4. The third-order valence-electron chi connectivity index (χ3n) is 4.34. The van der Waals surface area contributed by atoms with Crippen molar-refractivity contribution in [3.63, 3.8) is 0 Å². The van der Waals surface area contributed by atoms with Gasteiger partial charge in [-0.05, 0) is 59.9 Å². The predicted octanol–water partition coefficient (Wildman–Crippen LogP) is 6.60. The molecule has 0 unspecified atom stereocenters. The van der Waals surface area contributed by atoms with Gasteiger partial charge in [0.15, 0.2) is 0 Å². The fourth-order valence-corrected chi connectivity index (χ4v) is 2.86. The SMILES string of the molecule is Cc1cccc(-c2ccc(-c3cc[c]cc3C(F)(F)F)c(F)c2)c1C. The normalized spacial score (nSPS) is 11.6. The first kappa shape index (κ1) is 17.2. The summed E-state index contributed by atoms with van der Waals surface area (Å²) in [5.41, 5.74) is 2.43. The van der Waals surface area contributed by atoms with Gasteiger partial charge in [-0.1, -0.05) is 42.5 Å². The molecule has 4 heteroatoms. The third kappa shape index (κ3) is 3.29. The molecule has 0 fully saturated rings. The van der Waals surface area contributed by atoms with E-state index in [4.69, 9.17) is 0 Å². The Morgan fingerprint density at radius 3 is 2.32 bits per heavy atom. The molecule has 25 heavy (non-hydrogen) atoms. The van der Waals surface area contributed by atoms with Gasteiger partial charge < -0.3 is 0 Å². The lowest BCUT2D eigenvalue weighted by atomic mass is 9.93. The molecule has 1 radical (unpaired) electrons.